The number of fused-ring (bicyclic) bond motifs is 1. The fourth-order valence-electron chi connectivity index (χ4n) is 5.99. The molecule has 2 fully saturated rings. The molecule has 7 atom stereocenters. The standard InChI is InChI=1S/C21H32O6/c1-12-8-10-21(3)14(17(23)24)6-5-7-15(21)20(12,2)11-9-13-16(22)19(26-4)27-18(13)25/h6,12-13,15-16,19,22H,5,7-11H2,1-4H3,(H,23,24). The Morgan fingerprint density at radius 1 is 1.37 bits per heavy atom. The summed E-state index contributed by atoms with van der Waals surface area (Å²) in [4.78, 5) is 24.0. The number of aliphatic carboxylic acids is 1. The lowest BCUT2D eigenvalue weighted by Gasteiger charge is -2.57. The number of carbonyl (C=O) groups excluding carboxylic acids is 1. The number of esters is 1. The number of methoxy groups -OCH3 is 1. The van der Waals surface area contributed by atoms with E-state index >= 15 is 0 Å². The average Bonchev–Trinajstić information content (AvgIpc) is 2.90. The van der Waals surface area contributed by atoms with Crippen LogP contribution in [0, 0.1) is 28.6 Å². The van der Waals surface area contributed by atoms with Gasteiger partial charge in [-0.15, -0.1) is 0 Å². The van der Waals surface area contributed by atoms with Crippen molar-refractivity contribution in [1.82, 2.24) is 0 Å². The number of hydrogen-bond acceptors (Lipinski definition) is 5. The Hall–Kier alpha value is -1.40. The number of cyclic esters (lactones) is 1. The average molecular weight is 380 g/mol. The number of ether oxygens (including phenoxy) is 2. The second kappa shape index (κ2) is 7.21. The van der Waals surface area contributed by atoms with E-state index in [4.69, 9.17) is 9.47 Å². The third-order valence-electron chi connectivity index (χ3n) is 7.89. The Bertz CT molecular complexity index is 643. The number of hydrogen-bond donors (Lipinski definition) is 2. The third kappa shape index (κ3) is 3.21. The fourth-order valence-corrected chi connectivity index (χ4v) is 5.99. The van der Waals surface area contributed by atoms with E-state index in [0.717, 1.165) is 32.1 Å². The second-order valence-electron chi connectivity index (χ2n) is 9.09. The van der Waals surface area contributed by atoms with Crippen molar-refractivity contribution in [3.05, 3.63) is 11.6 Å². The molecule has 152 valence electrons. The maximum Gasteiger partial charge on any atom is 0.331 e. The Labute approximate surface area is 160 Å². The summed E-state index contributed by atoms with van der Waals surface area (Å²) in [5.41, 5.74) is 0.124. The summed E-state index contributed by atoms with van der Waals surface area (Å²) in [5, 5.41) is 20.1. The van der Waals surface area contributed by atoms with Crippen molar-refractivity contribution in [2.24, 2.45) is 28.6 Å². The number of carboxylic acids is 1. The zero-order valence-electron chi connectivity index (χ0n) is 16.7. The molecule has 6 nitrogen and oxygen atoms in total. The quantitative estimate of drug-likeness (QED) is 0.712. The van der Waals surface area contributed by atoms with Crippen molar-refractivity contribution in [1.29, 1.82) is 0 Å². The Balaban J connectivity index is 1.82. The number of rotatable bonds is 5. The molecule has 27 heavy (non-hydrogen) atoms. The van der Waals surface area contributed by atoms with Gasteiger partial charge in [0.05, 0.1) is 5.92 Å². The van der Waals surface area contributed by atoms with Gasteiger partial charge in [0.15, 0.2) is 0 Å². The number of allylic oxidation sites excluding steroid dienone is 1. The Morgan fingerprint density at radius 2 is 2.07 bits per heavy atom. The van der Waals surface area contributed by atoms with Crippen LogP contribution in [0.15, 0.2) is 11.6 Å². The molecule has 0 aromatic rings. The Morgan fingerprint density at radius 3 is 2.67 bits per heavy atom. The van der Waals surface area contributed by atoms with Gasteiger partial charge < -0.3 is 19.7 Å². The van der Waals surface area contributed by atoms with Crippen molar-refractivity contribution >= 4 is 11.9 Å². The van der Waals surface area contributed by atoms with Gasteiger partial charge in [-0.05, 0) is 55.8 Å². The van der Waals surface area contributed by atoms with Gasteiger partial charge in [-0.1, -0.05) is 26.8 Å². The summed E-state index contributed by atoms with van der Waals surface area (Å²) in [6.45, 7) is 6.57. The van der Waals surface area contributed by atoms with Gasteiger partial charge in [0, 0.05) is 18.1 Å². The highest BCUT2D eigenvalue weighted by molar-refractivity contribution is 5.88. The van der Waals surface area contributed by atoms with E-state index in [2.05, 4.69) is 20.8 Å². The topological polar surface area (TPSA) is 93.1 Å². The first-order valence-electron chi connectivity index (χ1n) is 10.0. The van der Waals surface area contributed by atoms with Gasteiger partial charge >= 0.3 is 11.9 Å². The minimum Gasteiger partial charge on any atom is -0.478 e. The maximum atomic E-state index is 12.2. The predicted octanol–water partition coefficient (Wildman–Crippen LogP) is 3.14. The van der Waals surface area contributed by atoms with Gasteiger partial charge in [0.25, 0.3) is 0 Å². The molecule has 1 heterocycles. The Kier molecular flexibility index (Phi) is 5.43. The molecule has 0 aromatic carbocycles. The number of carbonyl (C=O) groups is 2. The molecule has 6 heteroatoms. The number of carboxylic acid groups (broad SMARTS) is 1. The van der Waals surface area contributed by atoms with Gasteiger partial charge in [0.2, 0.25) is 6.29 Å². The predicted molar refractivity (Wildman–Crippen MR) is 98.7 cm³/mol. The zero-order chi connectivity index (χ0) is 20.0. The van der Waals surface area contributed by atoms with E-state index < -0.39 is 30.3 Å². The summed E-state index contributed by atoms with van der Waals surface area (Å²) in [6, 6.07) is 0. The summed E-state index contributed by atoms with van der Waals surface area (Å²) in [6.07, 6.45) is 4.94. The van der Waals surface area contributed by atoms with Crippen LogP contribution in [-0.4, -0.2) is 41.7 Å². The summed E-state index contributed by atoms with van der Waals surface area (Å²) >= 11 is 0. The first kappa shape index (κ1) is 20.3. The van der Waals surface area contributed by atoms with Crippen LogP contribution in [0.1, 0.15) is 59.3 Å². The molecular formula is C21H32O6. The summed E-state index contributed by atoms with van der Waals surface area (Å²) in [7, 11) is 1.42. The first-order valence-corrected chi connectivity index (χ1v) is 10.0. The van der Waals surface area contributed by atoms with Gasteiger partial charge in [-0.3, -0.25) is 4.79 Å². The van der Waals surface area contributed by atoms with Gasteiger partial charge in [-0.25, -0.2) is 4.79 Å². The first-order chi connectivity index (χ1) is 12.6. The van der Waals surface area contributed by atoms with Crippen molar-refractivity contribution < 1.29 is 29.3 Å². The third-order valence-corrected chi connectivity index (χ3v) is 7.89. The largest absolute Gasteiger partial charge is 0.478 e. The lowest BCUT2D eigenvalue weighted by atomic mass is 9.46. The minimum atomic E-state index is -0.947. The van der Waals surface area contributed by atoms with E-state index in [-0.39, 0.29) is 16.7 Å². The molecule has 1 saturated carbocycles. The van der Waals surface area contributed by atoms with E-state index in [1.54, 1.807) is 0 Å². The molecule has 3 aliphatic rings. The van der Waals surface area contributed by atoms with Crippen molar-refractivity contribution in [3.8, 4) is 0 Å². The lowest BCUT2D eigenvalue weighted by Crippen LogP contribution is -2.51. The molecule has 0 amide bonds. The summed E-state index contributed by atoms with van der Waals surface area (Å²) < 4.78 is 10.2. The molecule has 3 rings (SSSR count). The molecular weight excluding hydrogens is 348 g/mol. The van der Waals surface area contributed by atoms with Crippen LogP contribution < -0.4 is 0 Å². The van der Waals surface area contributed by atoms with Crippen LogP contribution in [0.5, 0.6) is 0 Å². The zero-order valence-corrected chi connectivity index (χ0v) is 16.7. The highest BCUT2D eigenvalue weighted by atomic mass is 16.7. The number of aliphatic hydroxyl groups is 1. The molecule has 0 aromatic heterocycles. The molecule has 0 bridgehead atoms. The van der Waals surface area contributed by atoms with Crippen molar-refractivity contribution in [3.63, 3.8) is 0 Å². The molecule has 0 spiro atoms. The van der Waals surface area contributed by atoms with E-state index in [9.17, 15) is 19.8 Å². The smallest absolute Gasteiger partial charge is 0.331 e. The monoisotopic (exact) mass is 380 g/mol. The normalized spacial score (nSPS) is 44.4. The van der Waals surface area contributed by atoms with Gasteiger partial charge in [0.1, 0.15) is 6.10 Å². The molecule has 2 N–H and O–H groups in total. The van der Waals surface area contributed by atoms with Crippen LogP contribution in [0.4, 0.5) is 0 Å². The molecule has 1 saturated heterocycles. The highest BCUT2D eigenvalue weighted by Gasteiger charge is 2.56. The highest BCUT2D eigenvalue weighted by Crippen LogP contribution is 2.62. The van der Waals surface area contributed by atoms with E-state index in [1.807, 2.05) is 6.08 Å². The van der Waals surface area contributed by atoms with Crippen LogP contribution >= 0.6 is 0 Å². The molecule has 0 radical (unpaired) electrons. The lowest BCUT2D eigenvalue weighted by molar-refractivity contribution is -0.166. The SMILES string of the molecule is COC1OC(=O)C(CCC2(C)C(C)CCC3(C)C(C(=O)O)=CCCC32)C1O. The van der Waals surface area contributed by atoms with E-state index in [1.165, 1.54) is 7.11 Å². The van der Waals surface area contributed by atoms with Crippen LogP contribution in [0.2, 0.25) is 0 Å². The van der Waals surface area contributed by atoms with E-state index in [0.29, 0.717) is 17.9 Å². The van der Waals surface area contributed by atoms with Crippen LogP contribution in [0.3, 0.4) is 0 Å². The van der Waals surface area contributed by atoms with Crippen molar-refractivity contribution in [2.75, 3.05) is 7.11 Å². The van der Waals surface area contributed by atoms with Gasteiger partial charge in [-0.2, -0.15) is 0 Å². The molecule has 7 unspecified atom stereocenters. The van der Waals surface area contributed by atoms with Crippen molar-refractivity contribution in [2.45, 2.75) is 71.7 Å². The minimum absolute atomic E-state index is 0.0902. The second-order valence-corrected chi connectivity index (χ2v) is 9.09. The molecule has 2 aliphatic carbocycles. The number of aliphatic hydroxyl groups excluding tert-OH is 1. The molecule has 1 aliphatic heterocycles. The summed E-state index contributed by atoms with van der Waals surface area (Å²) in [5.74, 6) is -1.12. The van der Waals surface area contributed by atoms with Crippen LogP contribution in [-0.2, 0) is 19.1 Å². The fraction of sp³-hybridized carbons (Fsp3) is 0.810. The maximum absolute atomic E-state index is 12.2. The van der Waals surface area contributed by atoms with Crippen LogP contribution in [0.25, 0.3) is 0 Å².